The average Bonchev–Trinajstić information content (AvgIpc) is 2.97. The SMILES string of the molecule is O=C(CCCCCc1noc(C(F)(F)F)n1)Nc1cccnc1. The number of nitrogens with zero attached hydrogens (tertiary/aromatic N) is 3. The zero-order valence-electron chi connectivity index (χ0n) is 12.1. The molecule has 9 heteroatoms. The van der Waals surface area contributed by atoms with Crippen LogP contribution in [0.3, 0.4) is 0 Å². The van der Waals surface area contributed by atoms with E-state index in [4.69, 9.17) is 0 Å². The zero-order valence-corrected chi connectivity index (χ0v) is 12.1. The van der Waals surface area contributed by atoms with Crippen molar-refractivity contribution in [1.82, 2.24) is 15.1 Å². The minimum Gasteiger partial charge on any atom is -0.329 e. The van der Waals surface area contributed by atoms with Crippen molar-refractivity contribution in [1.29, 1.82) is 0 Å². The first-order valence-corrected chi connectivity index (χ1v) is 7.05. The van der Waals surface area contributed by atoms with Crippen LogP contribution in [0.5, 0.6) is 0 Å². The minimum atomic E-state index is -4.62. The van der Waals surface area contributed by atoms with E-state index >= 15 is 0 Å². The molecular formula is C14H15F3N4O2. The first-order chi connectivity index (χ1) is 10.9. The second kappa shape index (κ2) is 7.70. The highest BCUT2D eigenvalue weighted by atomic mass is 19.4. The Morgan fingerprint density at radius 1 is 1.26 bits per heavy atom. The summed E-state index contributed by atoms with van der Waals surface area (Å²) in [4.78, 5) is 18.8. The number of unbranched alkanes of at least 4 members (excludes halogenated alkanes) is 2. The smallest absolute Gasteiger partial charge is 0.329 e. The van der Waals surface area contributed by atoms with E-state index in [1.165, 1.54) is 0 Å². The van der Waals surface area contributed by atoms with Crippen LogP contribution in [0.15, 0.2) is 29.0 Å². The number of alkyl halides is 3. The first-order valence-electron chi connectivity index (χ1n) is 7.05. The third kappa shape index (κ3) is 5.68. The van der Waals surface area contributed by atoms with Crippen molar-refractivity contribution in [2.75, 3.05) is 5.32 Å². The number of nitrogens with one attached hydrogen (secondary N) is 1. The molecular weight excluding hydrogens is 313 g/mol. The molecule has 0 saturated heterocycles. The van der Waals surface area contributed by atoms with Crippen LogP contribution in [0.25, 0.3) is 0 Å². The second-order valence-corrected chi connectivity index (χ2v) is 4.86. The molecule has 124 valence electrons. The molecule has 0 atom stereocenters. The molecule has 1 N–H and O–H groups in total. The molecule has 0 aliphatic carbocycles. The van der Waals surface area contributed by atoms with Crippen LogP contribution in [0.1, 0.15) is 37.4 Å². The van der Waals surface area contributed by atoms with Crippen LogP contribution in [0.4, 0.5) is 18.9 Å². The number of hydrogen-bond donors (Lipinski definition) is 1. The molecule has 0 aliphatic rings. The van der Waals surface area contributed by atoms with Crippen LogP contribution in [-0.2, 0) is 17.4 Å². The van der Waals surface area contributed by atoms with Crippen LogP contribution in [-0.4, -0.2) is 21.0 Å². The van der Waals surface area contributed by atoms with Crippen molar-refractivity contribution in [3.05, 3.63) is 36.2 Å². The summed E-state index contributed by atoms with van der Waals surface area (Å²) in [6, 6.07) is 3.45. The Balaban J connectivity index is 1.62. The molecule has 0 radical (unpaired) electrons. The van der Waals surface area contributed by atoms with Gasteiger partial charge in [-0.25, -0.2) is 0 Å². The molecule has 1 amide bonds. The van der Waals surface area contributed by atoms with Gasteiger partial charge < -0.3 is 9.84 Å². The van der Waals surface area contributed by atoms with Gasteiger partial charge in [0.1, 0.15) is 0 Å². The Morgan fingerprint density at radius 2 is 2.09 bits per heavy atom. The maximum atomic E-state index is 12.3. The summed E-state index contributed by atoms with van der Waals surface area (Å²) < 4.78 is 40.9. The number of carbonyl (C=O) groups is 1. The zero-order chi connectivity index (χ0) is 16.7. The predicted octanol–water partition coefficient (Wildman–Crippen LogP) is 3.23. The Morgan fingerprint density at radius 3 is 2.74 bits per heavy atom. The topological polar surface area (TPSA) is 80.9 Å². The Hall–Kier alpha value is -2.45. The van der Waals surface area contributed by atoms with E-state index in [1.807, 2.05) is 0 Å². The van der Waals surface area contributed by atoms with Gasteiger partial charge in [0.25, 0.3) is 0 Å². The second-order valence-electron chi connectivity index (χ2n) is 4.86. The van der Waals surface area contributed by atoms with Gasteiger partial charge >= 0.3 is 12.1 Å². The van der Waals surface area contributed by atoms with E-state index in [0.717, 1.165) is 0 Å². The molecule has 2 aromatic rings. The third-order valence-electron chi connectivity index (χ3n) is 2.96. The van der Waals surface area contributed by atoms with Crippen molar-refractivity contribution in [3.8, 4) is 0 Å². The molecule has 0 saturated carbocycles. The van der Waals surface area contributed by atoms with Crippen LogP contribution >= 0.6 is 0 Å². The fraction of sp³-hybridized carbons (Fsp3) is 0.429. The number of rotatable bonds is 7. The highest BCUT2D eigenvalue weighted by molar-refractivity contribution is 5.90. The first kappa shape index (κ1) is 16.9. The maximum absolute atomic E-state index is 12.3. The highest BCUT2D eigenvalue weighted by Gasteiger charge is 2.38. The Labute approximate surface area is 130 Å². The third-order valence-corrected chi connectivity index (χ3v) is 2.96. The molecule has 0 aromatic carbocycles. The summed E-state index contributed by atoms with van der Waals surface area (Å²) in [7, 11) is 0. The van der Waals surface area contributed by atoms with E-state index in [2.05, 4.69) is 25.0 Å². The van der Waals surface area contributed by atoms with E-state index in [9.17, 15) is 18.0 Å². The molecule has 0 bridgehead atoms. The number of anilines is 1. The molecule has 0 aliphatic heterocycles. The Kier molecular flexibility index (Phi) is 5.67. The molecule has 2 aromatic heterocycles. The van der Waals surface area contributed by atoms with Gasteiger partial charge in [0.15, 0.2) is 5.82 Å². The minimum absolute atomic E-state index is 0.0251. The summed E-state index contributed by atoms with van der Waals surface area (Å²) in [6.45, 7) is 0. The van der Waals surface area contributed by atoms with Crippen LogP contribution in [0, 0.1) is 0 Å². The fourth-order valence-corrected chi connectivity index (χ4v) is 1.88. The lowest BCUT2D eigenvalue weighted by Crippen LogP contribution is -2.11. The van der Waals surface area contributed by atoms with Gasteiger partial charge in [-0.1, -0.05) is 11.6 Å². The van der Waals surface area contributed by atoms with Crippen molar-refractivity contribution >= 4 is 11.6 Å². The van der Waals surface area contributed by atoms with E-state index in [0.29, 0.717) is 31.4 Å². The van der Waals surface area contributed by atoms with Crippen molar-refractivity contribution in [2.45, 2.75) is 38.3 Å². The quantitative estimate of drug-likeness (QED) is 0.789. The van der Waals surface area contributed by atoms with E-state index in [1.54, 1.807) is 24.5 Å². The molecule has 0 unspecified atom stereocenters. The molecule has 23 heavy (non-hydrogen) atoms. The number of carbonyl (C=O) groups excluding carboxylic acids is 1. The van der Waals surface area contributed by atoms with Crippen molar-refractivity contribution < 1.29 is 22.5 Å². The number of pyridine rings is 1. The van der Waals surface area contributed by atoms with Gasteiger partial charge in [-0.15, -0.1) is 0 Å². The normalized spacial score (nSPS) is 11.4. The standard InChI is InChI=1S/C14H15F3N4O2/c15-14(16,17)13-20-11(21-23-13)6-2-1-3-7-12(22)19-10-5-4-8-18-9-10/h4-5,8-9H,1-3,6-7H2,(H,19,22). The van der Waals surface area contributed by atoms with Gasteiger partial charge in [0.2, 0.25) is 5.91 Å². The lowest BCUT2D eigenvalue weighted by atomic mass is 10.1. The molecule has 2 rings (SSSR count). The number of amides is 1. The lowest BCUT2D eigenvalue weighted by Gasteiger charge is -2.04. The number of aryl methyl sites for hydroxylation is 1. The highest BCUT2D eigenvalue weighted by Crippen LogP contribution is 2.27. The fourth-order valence-electron chi connectivity index (χ4n) is 1.88. The van der Waals surface area contributed by atoms with Gasteiger partial charge in [-0.3, -0.25) is 9.78 Å². The van der Waals surface area contributed by atoms with Crippen molar-refractivity contribution in [2.24, 2.45) is 0 Å². The van der Waals surface area contributed by atoms with Gasteiger partial charge in [0, 0.05) is 19.0 Å². The summed E-state index contributed by atoms with van der Waals surface area (Å²) in [5.74, 6) is -1.43. The number of aromatic nitrogens is 3. The van der Waals surface area contributed by atoms with Crippen LogP contribution in [0.2, 0.25) is 0 Å². The molecule has 0 fully saturated rings. The summed E-state index contributed by atoms with van der Waals surface area (Å²) >= 11 is 0. The van der Waals surface area contributed by atoms with Gasteiger partial charge in [0.05, 0.1) is 11.9 Å². The number of hydrogen-bond acceptors (Lipinski definition) is 5. The lowest BCUT2D eigenvalue weighted by molar-refractivity contribution is -0.159. The largest absolute Gasteiger partial charge is 0.471 e. The van der Waals surface area contributed by atoms with E-state index in [-0.39, 0.29) is 18.2 Å². The average molecular weight is 328 g/mol. The summed E-state index contributed by atoms with van der Waals surface area (Å²) in [5, 5.41) is 5.98. The summed E-state index contributed by atoms with van der Waals surface area (Å²) in [5.41, 5.74) is 0.629. The van der Waals surface area contributed by atoms with E-state index < -0.39 is 12.1 Å². The van der Waals surface area contributed by atoms with Crippen LogP contribution < -0.4 is 5.32 Å². The maximum Gasteiger partial charge on any atom is 0.471 e. The van der Waals surface area contributed by atoms with Gasteiger partial charge in [-0.05, 0) is 25.0 Å². The number of halogens is 3. The molecule has 6 nitrogen and oxygen atoms in total. The Bertz CT molecular complexity index is 628. The molecule has 2 heterocycles. The predicted molar refractivity (Wildman–Crippen MR) is 74.3 cm³/mol. The summed E-state index contributed by atoms with van der Waals surface area (Å²) in [6.07, 6.45) is 1.03. The van der Waals surface area contributed by atoms with Crippen molar-refractivity contribution in [3.63, 3.8) is 0 Å². The monoisotopic (exact) mass is 328 g/mol. The van der Waals surface area contributed by atoms with Gasteiger partial charge in [-0.2, -0.15) is 18.2 Å². The molecule has 0 spiro atoms.